The van der Waals surface area contributed by atoms with E-state index in [-0.39, 0.29) is 10.0 Å². The lowest BCUT2D eigenvalue weighted by molar-refractivity contribution is 0.601. The van der Waals surface area contributed by atoms with Gasteiger partial charge in [-0.05, 0) is 11.6 Å². The molecule has 0 amide bonds. The molecule has 106 valence electrons. The summed E-state index contributed by atoms with van der Waals surface area (Å²) in [5.41, 5.74) is 2.96. The SMILES string of the molecule is O=S(=O)(Nc1nncs1)c1ccccc1-c1ccccc1. The van der Waals surface area contributed by atoms with Crippen LogP contribution in [0, 0.1) is 0 Å². The van der Waals surface area contributed by atoms with Crippen molar-refractivity contribution in [3.05, 3.63) is 60.1 Å². The van der Waals surface area contributed by atoms with Crippen LogP contribution in [0.15, 0.2) is 65.0 Å². The minimum atomic E-state index is -3.70. The molecular formula is C14H11N3O2S2. The Bertz CT molecular complexity index is 832. The maximum atomic E-state index is 12.5. The summed E-state index contributed by atoms with van der Waals surface area (Å²) in [5, 5.41) is 7.58. The molecule has 0 spiro atoms. The van der Waals surface area contributed by atoms with Crippen LogP contribution in [0.25, 0.3) is 11.1 Å². The van der Waals surface area contributed by atoms with Crippen molar-refractivity contribution in [2.75, 3.05) is 4.72 Å². The van der Waals surface area contributed by atoms with E-state index >= 15 is 0 Å². The van der Waals surface area contributed by atoms with Gasteiger partial charge in [0.05, 0.1) is 4.90 Å². The third kappa shape index (κ3) is 2.93. The van der Waals surface area contributed by atoms with Crippen LogP contribution in [0.1, 0.15) is 0 Å². The molecule has 3 rings (SSSR count). The van der Waals surface area contributed by atoms with E-state index in [1.165, 1.54) is 5.51 Å². The zero-order valence-electron chi connectivity index (χ0n) is 10.8. The Morgan fingerprint density at radius 2 is 1.67 bits per heavy atom. The van der Waals surface area contributed by atoms with Crippen molar-refractivity contribution in [3.63, 3.8) is 0 Å². The van der Waals surface area contributed by atoms with E-state index < -0.39 is 10.0 Å². The van der Waals surface area contributed by atoms with Gasteiger partial charge in [-0.2, -0.15) is 0 Å². The molecule has 2 aromatic carbocycles. The highest BCUT2D eigenvalue weighted by molar-refractivity contribution is 7.93. The molecule has 1 aromatic heterocycles. The third-order valence-electron chi connectivity index (χ3n) is 2.84. The van der Waals surface area contributed by atoms with Crippen molar-refractivity contribution in [2.45, 2.75) is 4.90 Å². The minimum absolute atomic E-state index is 0.214. The Morgan fingerprint density at radius 1 is 0.952 bits per heavy atom. The van der Waals surface area contributed by atoms with Crippen molar-refractivity contribution in [3.8, 4) is 11.1 Å². The highest BCUT2D eigenvalue weighted by atomic mass is 32.2. The molecule has 0 atom stereocenters. The second-order valence-corrected chi connectivity index (χ2v) is 6.70. The second-order valence-electron chi connectivity index (χ2n) is 4.21. The predicted octanol–water partition coefficient (Wildman–Crippen LogP) is 3.01. The first-order valence-corrected chi connectivity index (χ1v) is 8.46. The minimum Gasteiger partial charge on any atom is -0.253 e. The fourth-order valence-corrected chi connectivity index (χ4v) is 3.87. The van der Waals surface area contributed by atoms with Crippen molar-refractivity contribution in [1.29, 1.82) is 0 Å². The summed E-state index contributed by atoms with van der Waals surface area (Å²) < 4.78 is 27.5. The molecule has 0 saturated carbocycles. The number of benzene rings is 2. The predicted molar refractivity (Wildman–Crippen MR) is 82.6 cm³/mol. The van der Waals surface area contributed by atoms with Gasteiger partial charge in [0.2, 0.25) is 5.13 Å². The second kappa shape index (κ2) is 5.63. The molecule has 0 saturated heterocycles. The van der Waals surface area contributed by atoms with E-state index in [1.807, 2.05) is 36.4 Å². The Balaban J connectivity index is 2.07. The average Bonchev–Trinajstić information content (AvgIpc) is 3.00. The maximum absolute atomic E-state index is 12.5. The smallest absolute Gasteiger partial charge is 0.253 e. The Labute approximate surface area is 126 Å². The van der Waals surface area contributed by atoms with Crippen LogP contribution in [0.2, 0.25) is 0 Å². The Kier molecular flexibility index (Phi) is 3.68. The van der Waals surface area contributed by atoms with Gasteiger partial charge in [-0.1, -0.05) is 59.9 Å². The van der Waals surface area contributed by atoms with Crippen LogP contribution in [0.3, 0.4) is 0 Å². The standard InChI is InChI=1S/C14H11N3O2S2/c18-21(19,17-14-16-15-10-20-14)13-9-5-4-8-12(13)11-6-2-1-3-7-11/h1-10H,(H,16,17). The highest BCUT2D eigenvalue weighted by Gasteiger charge is 2.20. The van der Waals surface area contributed by atoms with Crippen LogP contribution in [0.5, 0.6) is 0 Å². The van der Waals surface area contributed by atoms with E-state index in [9.17, 15) is 8.42 Å². The Hall–Kier alpha value is -2.25. The largest absolute Gasteiger partial charge is 0.264 e. The number of hydrogen-bond donors (Lipinski definition) is 1. The number of rotatable bonds is 4. The van der Waals surface area contributed by atoms with Crippen LogP contribution in [-0.4, -0.2) is 18.6 Å². The maximum Gasteiger partial charge on any atom is 0.264 e. The Morgan fingerprint density at radius 3 is 2.38 bits per heavy atom. The quantitative estimate of drug-likeness (QED) is 0.803. The van der Waals surface area contributed by atoms with Gasteiger partial charge in [-0.3, -0.25) is 4.72 Å². The summed E-state index contributed by atoms with van der Waals surface area (Å²) in [6.07, 6.45) is 0. The van der Waals surface area contributed by atoms with E-state index in [2.05, 4.69) is 14.9 Å². The fourth-order valence-electron chi connectivity index (χ4n) is 1.94. The van der Waals surface area contributed by atoms with Crippen molar-refractivity contribution in [2.24, 2.45) is 0 Å². The number of hydrogen-bond acceptors (Lipinski definition) is 5. The number of nitrogens with zero attached hydrogens (tertiary/aromatic N) is 2. The normalized spacial score (nSPS) is 11.2. The van der Waals surface area contributed by atoms with Crippen molar-refractivity contribution >= 4 is 26.5 Å². The molecule has 0 aliphatic carbocycles. The summed E-state index contributed by atoms with van der Waals surface area (Å²) in [6, 6.07) is 16.2. The molecule has 0 fully saturated rings. The molecule has 0 bridgehead atoms. The molecule has 5 nitrogen and oxygen atoms in total. The fraction of sp³-hybridized carbons (Fsp3) is 0. The van der Waals surface area contributed by atoms with Gasteiger partial charge in [0.25, 0.3) is 10.0 Å². The highest BCUT2D eigenvalue weighted by Crippen LogP contribution is 2.28. The topological polar surface area (TPSA) is 72.0 Å². The first-order valence-electron chi connectivity index (χ1n) is 6.10. The number of sulfonamides is 1. The first-order chi connectivity index (χ1) is 10.2. The summed E-state index contributed by atoms with van der Waals surface area (Å²) in [5.74, 6) is 0. The zero-order valence-corrected chi connectivity index (χ0v) is 12.4. The van der Waals surface area contributed by atoms with Gasteiger partial charge >= 0.3 is 0 Å². The zero-order chi connectivity index (χ0) is 14.7. The lowest BCUT2D eigenvalue weighted by atomic mass is 10.1. The summed E-state index contributed by atoms with van der Waals surface area (Å²) in [7, 11) is -3.70. The lowest BCUT2D eigenvalue weighted by Gasteiger charge is -2.10. The number of anilines is 1. The molecule has 1 heterocycles. The number of nitrogens with one attached hydrogen (secondary N) is 1. The monoisotopic (exact) mass is 317 g/mol. The van der Waals surface area contributed by atoms with Crippen LogP contribution >= 0.6 is 11.3 Å². The average molecular weight is 317 g/mol. The van der Waals surface area contributed by atoms with Gasteiger partial charge in [0.15, 0.2) is 0 Å². The van der Waals surface area contributed by atoms with Crippen molar-refractivity contribution < 1.29 is 8.42 Å². The number of aromatic nitrogens is 2. The molecule has 0 aliphatic rings. The van der Waals surface area contributed by atoms with E-state index in [4.69, 9.17) is 0 Å². The molecular weight excluding hydrogens is 306 g/mol. The van der Waals surface area contributed by atoms with Crippen LogP contribution in [-0.2, 0) is 10.0 Å². The van der Waals surface area contributed by atoms with Gasteiger partial charge in [-0.15, -0.1) is 10.2 Å². The van der Waals surface area contributed by atoms with Gasteiger partial charge in [0, 0.05) is 5.56 Å². The van der Waals surface area contributed by atoms with E-state index in [0.29, 0.717) is 5.56 Å². The van der Waals surface area contributed by atoms with Gasteiger partial charge in [-0.25, -0.2) is 8.42 Å². The lowest BCUT2D eigenvalue weighted by Crippen LogP contribution is -2.13. The molecule has 21 heavy (non-hydrogen) atoms. The molecule has 7 heteroatoms. The van der Waals surface area contributed by atoms with Gasteiger partial charge in [0.1, 0.15) is 5.51 Å². The summed E-state index contributed by atoms with van der Waals surface area (Å²) >= 11 is 1.13. The van der Waals surface area contributed by atoms with E-state index in [0.717, 1.165) is 16.9 Å². The third-order valence-corrected chi connectivity index (χ3v) is 4.98. The molecule has 0 aliphatic heterocycles. The molecule has 1 N–H and O–H groups in total. The summed E-state index contributed by atoms with van der Waals surface area (Å²) in [4.78, 5) is 0.214. The molecule has 3 aromatic rings. The van der Waals surface area contributed by atoms with Gasteiger partial charge < -0.3 is 0 Å². The van der Waals surface area contributed by atoms with E-state index in [1.54, 1.807) is 18.2 Å². The van der Waals surface area contributed by atoms with Crippen LogP contribution < -0.4 is 4.72 Å². The van der Waals surface area contributed by atoms with Crippen molar-refractivity contribution in [1.82, 2.24) is 10.2 Å². The molecule has 0 unspecified atom stereocenters. The molecule has 0 radical (unpaired) electrons. The van der Waals surface area contributed by atoms with Crippen LogP contribution in [0.4, 0.5) is 5.13 Å². The summed E-state index contributed by atoms with van der Waals surface area (Å²) in [6.45, 7) is 0. The first kappa shape index (κ1) is 13.7.